The fourth-order valence-electron chi connectivity index (χ4n) is 4.13. The molecule has 0 saturated carbocycles. The third-order valence-electron chi connectivity index (χ3n) is 6.13. The number of halogens is 1. The molecule has 1 fully saturated rings. The van der Waals surface area contributed by atoms with Crippen LogP contribution in [0.3, 0.4) is 0 Å². The zero-order chi connectivity index (χ0) is 25.2. The molecular weight excluding hydrogens is 595 g/mol. The maximum atomic E-state index is 12.3. The summed E-state index contributed by atoms with van der Waals surface area (Å²) in [6, 6.07) is 11.1. The minimum atomic E-state index is -3.28. The largest absolute Gasteiger partial charge is 0.360 e. The molecule has 4 rings (SSSR count). The highest BCUT2D eigenvalue weighted by molar-refractivity contribution is 14.1. The smallest absolute Gasteiger partial charge is 0.226 e. The molecule has 1 saturated heterocycles. The van der Waals surface area contributed by atoms with Gasteiger partial charge in [0, 0.05) is 40.4 Å². The summed E-state index contributed by atoms with van der Waals surface area (Å²) >= 11 is 2.20. The molecule has 1 aliphatic heterocycles. The molecule has 0 amide bonds. The number of ether oxygens (including phenoxy) is 1. The molecule has 9 nitrogen and oxygen atoms in total. The minimum absolute atomic E-state index is 0.0732. The molecule has 0 N–H and O–H groups in total. The molecule has 0 unspecified atom stereocenters. The van der Waals surface area contributed by atoms with Gasteiger partial charge in [0.25, 0.3) is 0 Å². The van der Waals surface area contributed by atoms with Crippen molar-refractivity contribution < 1.29 is 13.2 Å². The predicted octanol–water partition coefficient (Wildman–Crippen LogP) is 3.44. The van der Waals surface area contributed by atoms with E-state index in [-0.39, 0.29) is 6.04 Å². The number of anilines is 1. The highest BCUT2D eigenvalue weighted by atomic mass is 127. The van der Waals surface area contributed by atoms with Gasteiger partial charge in [-0.1, -0.05) is 50.0 Å². The molecule has 0 aliphatic carbocycles. The van der Waals surface area contributed by atoms with Crippen molar-refractivity contribution in [3.8, 4) is 0 Å². The number of benzene rings is 1. The van der Waals surface area contributed by atoms with Crippen LogP contribution in [0.5, 0.6) is 0 Å². The molecule has 3 heterocycles. The lowest BCUT2D eigenvalue weighted by Gasteiger charge is -2.40. The van der Waals surface area contributed by atoms with Crippen molar-refractivity contribution in [1.82, 2.24) is 24.1 Å². The Kier molecular flexibility index (Phi) is 8.15. The summed E-state index contributed by atoms with van der Waals surface area (Å²) in [6.45, 7) is 9.43. The molecule has 3 aromatic rings. The topological polar surface area (TPSA) is 93.5 Å². The van der Waals surface area contributed by atoms with Crippen LogP contribution in [-0.4, -0.2) is 79.1 Å². The van der Waals surface area contributed by atoms with Gasteiger partial charge in [0.2, 0.25) is 16.0 Å². The van der Waals surface area contributed by atoms with Crippen LogP contribution in [0.15, 0.2) is 36.5 Å². The summed E-state index contributed by atoms with van der Waals surface area (Å²) in [7, 11) is -4.43. The number of nitrogens with zero attached hydrogens (tertiary/aromatic N) is 6. The lowest BCUT2D eigenvalue weighted by Crippen LogP contribution is -2.56. The van der Waals surface area contributed by atoms with Gasteiger partial charge in [0.15, 0.2) is 0 Å². The monoisotopic (exact) mass is 628 g/mol. The third kappa shape index (κ3) is 6.79. The first-order valence-electron chi connectivity index (χ1n) is 11.7. The minimum Gasteiger partial charge on any atom is -0.360 e. The van der Waals surface area contributed by atoms with Crippen molar-refractivity contribution in [2.24, 2.45) is 0 Å². The van der Waals surface area contributed by atoms with Gasteiger partial charge in [0.05, 0.1) is 12.5 Å². The van der Waals surface area contributed by atoms with E-state index in [1.165, 1.54) is 6.26 Å². The van der Waals surface area contributed by atoms with E-state index in [1.807, 2.05) is 22.9 Å². The van der Waals surface area contributed by atoms with Crippen molar-refractivity contribution in [3.05, 3.63) is 45.8 Å². The molecule has 2 aromatic heterocycles. The summed E-state index contributed by atoms with van der Waals surface area (Å²) < 4.78 is 34.6. The zero-order valence-electron chi connectivity index (χ0n) is 20.7. The lowest BCUT2D eigenvalue weighted by molar-refractivity contribution is 0.0814. The third-order valence-corrected chi connectivity index (χ3v) is 9.83. The first-order valence-corrected chi connectivity index (χ1v) is 18.4. The standard InChI is InChI=1S/C23H33IN6O3SSi/c1-34(31,32)28-10-11-29(19(16-28)14-18-8-6-5-7-9-18)23-25-15-20-21(26-23)22(24)27-30(20)17-33-12-13-35(2,3)4/h5-9,15,19H,10-14,16-17H2,1-4H3/t19-/m1/s1. The maximum absolute atomic E-state index is 12.3. The van der Waals surface area contributed by atoms with Gasteiger partial charge >= 0.3 is 0 Å². The number of sulfonamides is 1. The van der Waals surface area contributed by atoms with E-state index >= 15 is 0 Å². The van der Waals surface area contributed by atoms with Crippen molar-refractivity contribution in [1.29, 1.82) is 0 Å². The van der Waals surface area contributed by atoms with Gasteiger partial charge in [-0.15, -0.1) is 0 Å². The van der Waals surface area contributed by atoms with Gasteiger partial charge in [-0.3, -0.25) is 0 Å². The average Bonchev–Trinajstić information content (AvgIpc) is 3.11. The van der Waals surface area contributed by atoms with Crippen molar-refractivity contribution in [3.63, 3.8) is 0 Å². The molecule has 0 radical (unpaired) electrons. The second-order valence-electron chi connectivity index (χ2n) is 10.2. The van der Waals surface area contributed by atoms with E-state index in [2.05, 4.69) is 69.3 Å². The van der Waals surface area contributed by atoms with Crippen LogP contribution >= 0.6 is 22.6 Å². The van der Waals surface area contributed by atoms with Gasteiger partial charge < -0.3 is 9.64 Å². The molecule has 1 aliphatic rings. The van der Waals surface area contributed by atoms with Gasteiger partial charge in [-0.25, -0.2) is 23.1 Å². The average molecular weight is 629 g/mol. The number of hydrogen-bond acceptors (Lipinski definition) is 7. The van der Waals surface area contributed by atoms with E-state index in [0.717, 1.165) is 32.9 Å². The Hall–Kier alpha value is -1.61. The van der Waals surface area contributed by atoms with E-state index in [0.29, 0.717) is 38.7 Å². The van der Waals surface area contributed by atoms with Crippen LogP contribution in [-0.2, 0) is 27.9 Å². The van der Waals surface area contributed by atoms with Crippen LogP contribution in [0.4, 0.5) is 5.95 Å². The Bertz CT molecular complexity index is 1270. The summed E-state index contributed by atoms with van der Waals surface area (Å²) in [6.07, 6.45) is 3.78. The Morgan fingerprint density at radius 1 is 1.17 bits per heavy atom. The first kappa shape index (κ1) is 26.4. The predicted molar refractivity (Wildman–Crippen MR) is 150 cm³/mol. The van der Waals surface area contributed by atoms with Crippen molar-refractivity contribution >= 4 is 57.7 Å². The van der Waals surface area contributed by atoms with Crippen molar-refractivity contribution in [2.75, 3.05) is 37.4 Å². The molecule has 190 valence electrons. The van der Waals surface area contributed by atoms with Gasteiger partial charge in [-0.05, 0) is 40.6 Å². The Morgan fingerprint density at radius 2 is 1.91 bits per heavy atom. The summed E-state index contributed by atoms with van der Waals surface area (Å²) in [5, 5.41) is 4.62. The quantitative estimate of drug-likeness (QED) is 0.204. The second kappa shape index (κ2) is 10.8. The summed E-state index contributed by atoms with van der Waals surface area (Å²) in [4.78, 5) is 11.7. The zero-order valence-corrected chi connectivity index (χ0v) is 24.7. The van der Waals surface area contributed by atoms with Crippen LogP contribution in [0.2, 0.25) is 25.7 Å². The summed E-state index contributed by atoms with van der Waals surface area (Å²) in [5.41, 5.74) is 2.77. The molecule has 0 bridgehead atoms. The van der Waals surface area contributed by atoms with Crippen LogP contribution in [0.25, 0.3) is 11.0 Å². The summed E-state index contributed by atoms with van der Waals surface area (Å²) in [5.74, 6) is 0.601. The van der Waals surface area contributed by atoms with Gasteiger partial charge in [0.1, 0.15) is 21.5 Å². The van der Waals surface area contributed by atoms with Gasteiger partial charge in [-0.2, -0.15) is 9.40 Å². The fourth-order valence-corrected chi connectivity index (χ4v) is 6.40. The molecular formula is C23H33IN6O3SSi. The van der Waals surface area contributed by atoms with E-state index in [1.54, 1.807) is 10.5 Å². The van der Waals surface area contributed by atoms with E-state index in [9.17, 15) is 8.42 Å². The molecule has 12 heteroatoms. The number of piperazine rings is 1. The molecule has 1 aromatic carbocycles. The first-order chi connectivity index (χ1) is 16.5. The maximum Gasteiger partial charge on any atom is 0.226 e. The number of rotatable bonds is 9. The van der Waals surface area contributed by atoms with E-state index in [4.69, 9.17) is 9.72 Å². The second-order valence-corrected chi connectivity index (χ2v) is 18.8. The van der Waals surface area contributed by atoms with E-state index < -0.39 is 18.1 Å². The number of aromatic nitrogens is 4. The SMILES string of the molecule is C[Si](C)(C)CCOCn1nc(I)c2nc(N3CCN(S(C)(=O)=O)C[C@H]3Cc3ccccc3)ncc21. The Balaban J connectivity index is 1.57. The highest BCUT2D eigenvalue weighted by Crippen LogP contribution is 2.25. The normalized spacial score (nSPS) is 17.9. The fraction of sp³-hybridized carbons (Fsp3) is 0.522. The Labute approximate surface area is 222 Å². The highest BCUT2D eigenvalue weighted by Gasteiger charge is 2.33. The molecule has 1 atom stereocenters. The van der Waals surface area contributed by atoms with Crippen molar-refractivity contribution in [2.45, 2.75) is 44.9 Å². The van der Waals surface area contributed by atoms with Crippen LogP contribution in [0, 0.1) is 3.70 Å². The number of hydrogen-bond donors (Lipinski definition) is 0. The Morgan fingerprint density at radius 3 is 2.60 bits per heavy atom. The van der Waals surface area contributed by atoms with Crippen LogP contribution in [0.1, 0.15) is 5.56 Å². The van der Waals surface area contributed by atoms with Crippen LogP contribution < -0.4 is 4.90 Å². The molecule has 0 spiro atoms. The lowest BCUT2D eigenvalue weighted by atomic mass is 10.0. The molecule has 35 heavy (non-hydrogen) atoms. The number of fused-ring (bicyclic) bond motifs is 1.